The summed E-state index contributed by atoms with van der Waals surface area (Å²) in [6.45, 7) is 9.71. The molecule has 2 aliphatic carbocycles. The van der Waals surface area contributed by atoms with Crippen LogP contribution in [0.5, 0.6) is 0 Å². The maximum absolute atomic E-state index is 11.8. The van der Waals surface area contributed by atoms with E-state index in [1.807, 2.05) is 25.1 Å². The van der Waals surface area contributed by atoms with Crippen molar-refractivity contribution in [2.24, 2.45) is 16.7 Å². The number of fused-ring (bicyclic) bond motifs is 2. The first-order chi connectivity index (χ1) is 10.6. The van der Waals surface area contributed by atoms with Crippen LogP contribution < -0.4 is 0 Å². The van der Waals surface area contributed by atoms with E-state index in [1.165, 1.54) is 13.3 Å². The quantitative estimate of drug-likeness (QED) is 0.863. The number of carbonyl (C=O) groups excluding carboxylic acids is 1. The average Bonchev–Trinajstić information content (AvgIpc) is 2.95. The van der Waals surface area contributed by atoms with E-state index in [-0.39, 0.29) is 16.8 Å². The van der Waals surface area contributed by atoms with Gasteiger partial charge in [0.2, 0.25) is 0 Å². The minimum absolute atomic E-state index is 0.141. The molecule has 1 aromatic heterocycles. The van der Waals surface area contributed by atoms with Crippen LogP contribution in [0.2, 0.25) is 0 Å². The van der Waals surface area contributed by atoms with Gasteiger partial charge in [0, 0.05) is 17.8 Å². The van der Waals surface area contributed by atoms with Gasteiger partial charge in [-0.2, -0.15) is 0 Å². The molecule has 0 saturated heterocycles. The molecule has 0 spiro atoms. The molecule has 4 unspecified atom stereocenters. The molecular weight excluding hydrogens is 290 g/mol. The molecule has 0 aromatic carbocycles. The largest absolute Gasteiger partial charge is 0.456 e. The van der Waals surface area contributed by atoms with E-state index >= 15 is 0 Å². The SMILES string of the molecule is CC(=O)OC(C)c1cccc(C2(O)C3(C)CCC(C3)C2(C)C)n1. The fraction of sp³-hybridized carbons (Fsp3) is 0.684. The molecule has 1 heterocycles. The van der Waals surface area contributed by atoms with E-state index in [2.05, 4.69) is 20.8 Å². The third-order valence-electron chi connectivity index (χ3n) is 6.47. The normalized spacial score (nSPS) is 36.0. The standard InChI is InChI=1S/C19H27NO3/c1-12(23-13(2)21)15-7-6-8-16(20-15)19(22)17(3,4)14-9-10-18(19,5)11-14/h6-8,12,14,22H,9-11H2,1-5H3. The van der Waals surface area contributed by atoms with Gasteiger partial charge in [0.05, 0.1) is 11.4 Å². The zero-order chi connectivity index (χ0) is 17.0. The fourth-order valence-corrected chi connectivity index (χ4v) is 5.09. The molecule has 2 bridgehead atoms. The minimum Gasteiger partial charge on any atom is -0.456 e. The van der Waals surface area contributed by atoms with E-state index in [4.69, 9.17) is 9.72 Å². The van der Waals surface area contributed by atoms with Gasteiger partial charge in [-0.15, -0.1) is 0 Å². The molecule has 2 aliphatic rings. The Morgan fingerprint density at radius 2 is 2.09 bits per heavy atom. The van der Waals surface area contributed by atoms with Gasteiger partial charge in [-0.3, -0.25) is 9.78 Å². The summed E-state index contributed by atoms with van der Waals surface area (Å²) in [6, 6.07) is 5.67. The number of carbonyl (C=O) groups is 1. The number of ether oxygens (including phenoxy) is 1. The Kier molecular flexibility index (Phi) is 3.60. The molecule has 0 amide bonds. The topological polar surface area (TPSA) is 59.4 Å². The molecule has 3 rings (SSSR count). The summed E-state index contributed by atoms with van der Waals surface area (Å²) < 4.78 is 5.24. The van der Waals surface area contributed by atoms with Gasteiger partial charge in [0.25, 0.3) is 0 Å². The monoisotopic (exact) mass is 317 g/mol. The highest BCUT2D eigenvalue weighted by molar-refractivity contribution is 5.66. The summed E-state index contributed by atoms with van der Waals surface area (Å²) in [4.78, 5) is 15.9. The molecule has 4 heteroatoms. The Labute approximate surface area is 138 Å². The van der Waals surface area contributed by atoms with Gasteiger partial charge in [-0.1, -0.05) is 26.8 Å². The van der Waals surface area contributed by atoms with Crippen LogP contribution in [-0.4, -0.2) is 16.1 Å². The third kappa shape index (κ3) is 2.14. The number of hydrogen-bond acceptors (Lipinski definition) is 4. The van der Waals surface area contributed by atoms with E-state index in [0.717, 1.165) is 12.8 Å². The fourth-order valence-electron chi connectivity index (χ4n) is 5.09. The zero-order valence-corrected chi connectivity index (χ0v) is 14.7. The molecule has 1 aromatic rings. The van der Waals surface area contributed by atoms with Gasteiger partial charge < -0.3 is 9.84 Å². The van der Waals surface area contributed by atoms with Crippen molar-refractivity contribution in [3.8, 4) is 0 Å². The summed E-state index contributed by atoms with van der Waals surface area (Å²) in [5.41, 5.74) is 0.0970. The van der Waals surface area contributed by atoms with Gasteiger partial charge >= 0.3 is 5.97 Å². The van der Waals surface area contributed by atoms with Crippen LogP contribution in [0.25, 0.3) is 0 Å². The molecule has 4 nitrogen and oxygen atoms in total. The number of rotatable bonds is 3. The first-order valence-corrected chi connectivity index (χ1v) is 8.49. The van der Waals surface area contributed by atoms with Crippen molar-refractivity contribution >= 4 is 5.97 Å². The Balaban J connectivity index is 2.03. The summed E-state index contributed by atoms with van der Waals surface area (Å²) in [6.07, 6.45) is 2.84. The number of hydrogen-bond donors (Lipinski definition) is 1. The first-order valence-electron chi connectivity index (χ1n) is 8.49. The second kappa shape index (κ2) is 5.04. The van der Waals surface area contributed by atoms with E-state index in [1.54, 1.807) is 0 Å². The van der Waals surface area contributed by atoms with Gasteiger partial charge in [0.15, 0.2) is 0 Å². The molecule has 0 aliphatic heterocycles. The molecule has 0 radical (unpaired) electrons. The van der Waals surface area contributed by atoms with Crippen molar-refractivity contribution < 1.29 is 14.6 Å². The van der Waals surface area contributed by atoms with Crippen LogP contribution in [0.1, 0.15) is 71.4 Å². The summed E-state index contributed by atoms with van der Waals surface area (Å²) in [5, 5.41) is 11.8. The number of pyridine rings is 1. The lowest BCUT2D eigenvalue weighted by atomic mass is 9.59. The van der Waals surface area contributed by atoms with Crippen LogP contribution in [0, 0.1) is 16.7 Å². The van der Waals surface area contributed by atoms with E-state index in [9.17, 15) is 9.90 Å². The molecule has 126 valence electrons. The maximum atomic E-state index is 11.8. The Morgan fingerprint density at radius 1 is 1.39 bits per heavy atom. The predicted octanol–water partition coefficient (Wildman–Crippen LogP) is 3.74. The lowest BCUT2D eigenvalue weighted by Gasteiger charge is -2.50. The Bertz CT molecular complexity index is 635. The predicted molar refractivity (Wildman–Crippen MR) is 87.5 cm³/mol. The first kappa shape index (κ1) is 16.4. The molecule has 1 N–H and O–H groups in total. The third-order valence-corrected chi connectivity index (χ3v) is 6.47. The van der Waals surface area contributed by atoms with Crippen LogP contribution in [0.15, 0.2) is 18.2 Å². The zero-order valence-electron chi connectivity index (χ0n) is 14.7. The lowest BCUT2D eigenvalue weighted by Crippen LogP contribution is -2.52. The second-order valence-corrected chi connectivity index (χ2v) is 8.13. The molecular formula is C19H27NO3. The van der Waals surface area contributed by atoms with Crippen LogP contribution in [0.4, 0.5) is 0 Å². The number of aromatic nitrogens is 1. The van der Waals surface area contributed by atoms with Crippen molar-refractivity contribution in [3.63, 3.8) is 0 Å². The van der Waals surface area contributed by atoms with E-state index in [0.29, 0.717) is 17.3 Å². The molecule has 2 saturated carbocycles. The highest BCUT2D eigenvalue weighted by atomic mass is 16.5. The average molecular weight is 317 g/mol. The highest BCUT2D eigenvalue weighted by Crippen LogP contribution is 2.71. The molecule has 2 fully saturated rings. The van der Waals surface area contributed by atoms with Crippen molar-refractivity contribution in [3.05, 3.63) is 29.6 Å². The number of aliphatic hydroxyl groups is 1. The van der Waals surface area contributed by atoms with Crippen LogP contribution >= 0.6 is 0 Å². The van der Waals surface area contributed by atoms with Gasteiger partial charge in [-0.25, -0.2) is 0 Å². The van der Waals surface area contributed by atoms with E-state index < -0.39 is 11.7 Å². The van der Waals surface area contributed by atoms with Crippen LogP contribution in [0.3, 0.4) is 0 Å². The summed E-state index contributed by atoms with van der Waals surface area (Å²) in [7, 11) is 0. The van der Waals surface area contributed by atoms with Crippen molar-refractivity contribution in [2.45, 2.75) is 65.6 Å². The highest BCUT2D eigenvalue weighted by Gasteiger charge is 2.69. The summed E-state index contributed by atoms with van der Waals surface area (Å²) in [5.74, 6) is 0.199. The molecule has 4 atom stereocenters. The number of nitrogens with zero attached hydrogens (tertiary/aromatic N) is 1. The maximum Gasteiger partial charge on any atom is 0.303 e. The lowest BCUT2D eigenvalue weighted by molar-refractivity contribution is -0.154. The minimum atomic E-state index is -0.950. The van der Waals surface area contributed by atoms with Crippen molar-refractivity contribution in [1.82, 2.24) is 4.98 Å². The summed E-state index contributed by atoms with van der Waals surface area (Å²) >= 11 is 0. The van der Waals surface area contributed by atoms with Crippen molar-refractivity contribution in [2.75, 3.05) is 0 Å². The second-order valence-electron chi connectivity index (χ2n) is 8.13. The van der Waals surface area contributed by atoms with Crippen LogP contribution in [-0.2, 0) is 15.1 Å². The smallest absolute Gasteiger partial charge is 0.303 e. The van der Waals surface area contributed by atoms with Crippen molar-refractivity contribution in [1.29, 1.82) is 0 Å². The Morgan fingerprint density at radius 3 is 2.65 bits per heavy atom. The van der Waals surface area contributed by atoms with Gasteiger partial charge in [-0.05, 0) is 44.2 Å². The molecule has 23 heavy (non-hydrogen) atoms. The number of esters is 1. The van der Waals surface area contributed by atoms with Gasteiger partial charge in [0.1, 0.15) is 11.7 Å². The Hall–Kier alpha value is -1.42.